The molecule has 52 heavy (non-hydrogen) atoms. The zero-order chi connectivity index (χ0) is 37.5. The highest BCUT2D eigenvalue weighted by Crippen LogP contribution is 2.23. The van der Waals surface area contributed by atoms with Gasteiger partial charge in [0.1, 0.15) is 6.04 Å². The molecule has 278 valence electrons. The molecule has 4 aromatic rings. The van der Waals surface area contributed by atoms with E-state index in [1.807, 2.05) is 100 Å². The molecule has 11 nitrogen and oxygen atoms in total. The first kappa shape index (κ1) is 39.8. The number of hydrogen-bond donors (Lipinski definition) is 6. The molecule has 0 aliphatic carbocycles. The third kappa shape index (κ3) is 12.6. The number of rotatable bonds is 20. The molecule has 0 saturated heterocycles. The standard InChI is InChI=1S/C41H54N6O5/c1-27(2)17-19-44-41(52)38(49)35(21-28(3)4)46-40(51)36(24-33-25-42-26-45-33)47-39(50)32(22-31-15-10-14-30-13-8-9-16-34(30)31)23-37(48)43-20-18-29-11-6-5-7-12-29/h5-16,25-28,32,35-36,38,49H,17-24H2,1-4H3,(H,42,45)(H,43,48)(H,44,52)(H,46,51)(H,47,50)/t32-,35+,36+,38-/m1/s1. The van der Waals surface area contributed by atoms with Gasteiger partial charge >= 0.3 is 0 Å². The second-order valence-corrected chi connectivity index (χ2v) is 14.3. The van der Waals surface area contributed by atoms with E-state index in [4.69, 9.17) is 0 Å². The van der Waals surface area contributed by atoms with Gasteiger partial charge in [-0.3, -0.25) is 19.2 Å². The molecule has 0 radical (unpaired) electrons. The predicted molar refractivity (Wildman–Crippen MR) is 203 cm³/mol. The molecule has 6 N–H and O–H groups in total. The van der Waals surface area contributed by atoms with Crippen LogP contribution in [0.4, 0.5) is 0 Å². The molecule has 0 bridgehead atoms. The largest absolute Gasteiger partial charge is 0.381 e. The van der Waals surface area contributed by atoms with Crippen molar-refractivity contribution < 1.29 is 24.3 Å². The normalized spacial score (nSPS) is 13.7. The summed E-state index contributed by atoms with van der Waals surface area (Å²) in [5, 5.41) is 24.6. The molecule has 0 fully saturated rings. The van der Waals surface area contributed by atoms with Gasteiger partial charge < -0.3 is 31.4 Å². The Morgan fingerprint density at radius 1 is 0.769 bits per heavy atom. The third-order valence-electron chi connectivity index (χ3n) is 9.06. The Labute approximate surface area is 306 Å². The van der Waals surface area contributed by atoms with Gasteiger partial charge in [0.05, 0.1) is 18.3 Å². The van der Waals surface area contributed by atoms with Gasteiger partial charge in [-0.05, 0) is 59.4 Å². The van der Waals surface area contributed by atoms with Crippen LogP contribution in [0.3, 0.4) is 0 Å². The van der Waals surface area contributed by atoms with Gasteiger partial charge in [-0.15, -0.1) is 0 Å². The average Bonchev–Trinajstić information content (AvgIpc) is 3.64. The summed E-state index contributed by atoms with van der Waals surface area (Å²) >= 11 is 0. The summed E-state index contributed by atoms with van der Waals surface area (Å²) in [5.74, 6) is -2.22. The highest BCUT2D eigenvalue weighted by atomic mass is 16.3. The second kappa shape index (κ2) is 20.1. The van der Waals surface area contributed by atoms with E-state index in [0.717, 1.165) is 28.3 Å². The summed E-state index contributed by atoms with van der Waals surface area (Å²) in [7, 11) is 0. The molecule has 1 heterocycles. The van der Waals surface area contributed by atoms with Crippen LogP contribution >= 0.6 is 0 Å². The lowest BCUT2D eigenvalue weighted by Gasteiger charge is -2.28. The molecule has 11 heteroatoms. The molecular weight excluding hydrogens is 656 g/mol. The molecular formula is C41H54N6O5. The molecule has 0 spiro atoms. The highest BCUT2D eigenvalue weighted by Gasteiger charge is 2.33. The predicted octanol–water partition coefficient (Wildman–Crippen LogP) is 4.25. The van der Waals surface area contributed by atoms with Crippen LogP contribution in [0.2, 0.25) is 0 Å². The van der Waals surface area contributed by atoms with E-state index in [1.54, 1.807) is 6.20 Å². The first-order valence-electron chi connectivity index (χ1n) is 18.3. The molecule has 4 rings (SSSR count). The number of carbonyl (C=O) groups excluding carboxylic acids is 4. The topological polar surface area (TPSA) is 165 Å². The molecule has 0 aliphatic heterocycles. The van der Waals surface area contributed by atoms with E-state index in [1.165, 1.54) is 6.33 Å². The lowest BCUT2D eigenvalue weighted by atomic mass is 9.91. The molecule has 0 unspecified atom stereocenters. The van der Waals surface area contributed by atoms with E-state index >= 15 is 0 Å². The number of imidazole rings is 1. The molecule has 3 aromatic carbocycles. The van der Waals surface area contributed by atoms with E-state index in [2.05, 4.69) is 31.2 Å². The van der Waals surface area contributed by atoms with Crippen LogP contribution in [0, 0.1) is 17.8 Å². The monoisotopic (exact) mass is 710 g/mol. The Bertz CT molecular complexity index is 1720. The number of aromatic nitrogens is 2. The fraction of sp³-hybridized carbons (Fsp3) is 0.439. The third-order valence-corrected chi connectivity index (χ3v) is 9.06. The van der Waals surface area contributed by atoms with Crippen LogP contribution in [0.5, 0.6) is 0 Å². The number of carbonyl (C=O) groups is 4. The van der Waals surface area contributed by atoms with E-state index < -0.39 is 41.8 Å². The number of benzene rings is 3. The van der Waals surface area contributed by atoms with Crippen molar-refractivity contribution >= 4 is 34.4 Å². The maximum atomic E-state index is 14.2. The highest BCUT2D eigenvalue weighted by molar-refractivity contribution is 5.92. The van der Waals surface area contributed by atoms with Crippen molar-refractivity contribution in [3.05, 3.63) is 102 Å². The fourth-order valence-corrected chi connectivity index (χ4v) is 6.22. The Morgan fingerprint density at radius 3 is 2.21 bits per heavy atom. The van der Waals surface area contributed by atoms with Crippen molar-refractivity contribution in [3.63, 3.8) is 0 Å². The van der Waals surface area contributed by atoms with Crippen molar-refractivity contribution in [1.29, 1.82) is 0 Å². The number of aromatic amines is 1. The SMILES string of the molecule is CC(C)CCNC(=O)[C@H](O)[C@H](CC(C)C)NC(=O)[C@H](Cc1cnc[nH]1)NC(=O)[C@@H](CC(=O)NCCc1ccccc1)Cc1cccc2ccccc12. The Balaban J connectivity index is 1.54. The van der Waals surface area contributed by atoms with Crippen LogP contribution in [-0.4, -0.2) is 70.0 Å². The van der Waals surface area contributed by atoms with Crippen LogP contribution in [0.15, 0.2) is 85.3 Å². The number of aliphatic hydroxyl groups excluding tert-OH is 1. The minimum Gasteiger partial charge on any atom is -0.381 e. The molecule has 4 atom stereocenters. The molecule has 0 saturated carbocycles. The molecule has 4 amide bonds. The van der Waals surface area contributed by atoms with Crippen LogP contribution in [0.1, 0.15) is 63.8 Å². The molecule has 0 aliphatic rings. The number of hydrogen-bond acceptors (Lipinski definition) is 6. The van der Waals surface area contributed by atoms with Crippen molar-refractivity contribution in [2.75, 3.05) is 13.1 Å². The summed E-state index contributed by atoms with van der Waals surface area (Å²) in [6.45, 7) is 8.80. The zero-order valence-electron chi connectivity index (χ0n) is 30.7. The Kier molecular flexibility index (Phi) is 15.4. The van der Waals surface area contributed by atoms with Gasteiger partial charge in [-0.1, -0.05) is 100 Å². The lowest BCUT2D eigenvalue weighted by Crippen LogP contribution is -2.57. The van der Waals surface area contributed by atoms with Crippen molar-refractivity contribution in [2.24, 2.45) is 17.8 Å². The quantitative estimate of drug-likeness (QED) is 0.0803. The minimum absolute atomic E-state index is 0.0505. The number of nitrogens with one attached hydrogen (secondary N) is 5. The number of fused-ring (bicyclic) bond motifs is 1. The lowest BCUT2D eigenvalue weighted by molar-refractivity contribution is -0.135. The first-order chi connectivity index (χ1) is 25.0. The van der Waals surface area contributed by atoms with Gasteiger partial charge in [0.2, 0.25) is 17.7 Å². The summed E-state index contributed by atoms with van der Waals surface area (Å²) in [5.41, 5.74) is 2.61. The van der Waals surface area contributed by atoms with Gasteiger partial charge in [-0.2, -0.15) is 0 Å². The van der Waals surface area contributed by atoms with Crippen molar-refractivity contribution in [3.8, 4) is 0 Å². The fourth-order valence-electron chi connectivity index (χ4n) is 6.22. The average molecular weight is 711 g/mol. The summed E-state index contributed by atoms with van der Waals surface area (Å²) in [6, 6.07) is 21.6. The first-order valence-corrected chi connectivity index (χ1v) is 18.3. The van der Waals surface area contributed by atoms with Crippen LogP contribution in [-0.2, 0) is 38.4 Å². The molecule has 1 aromatic heterocycles. The van der Waals surface area contributed by atoms with Gasteiger partial charge in [0.15, 0.2) is 6.10 Å². The zero-order valence-corrected chi connectivity index (χ0v) is 30.7. The van der Waals surface area contributed by atoms with Crippen LogP contribution < -0.4 is 21.3 Å². The Morgan fingerprint density at radius 2 is 1.50 bits per heavy atom. The van der Waals surface area contributed by atoms with Crippen molar-refractivity contribution in [2.45, 2.75) is 84.4 Å². The summed E-state index contributed by atoms with van der Waals surface area (Å²) in [6.07, 6.45) is 3.57. The second-order valence-electron chi connectivity index (χ2n) is 14.3. The number of H-pyrrole nitrogens is 1. The Hall–Kier alpha value is -5.03. The summed E-state index contributed by atoms with van der Waals surface area (Å²) < 4.78 is 0. The van der Waals surface area contributed by atoms with Gasteiger partial charge in [0.25, 0.3) is 5.91 Å². The minimum atomic E-state index is -1.49. The van der Waals surface area contributed by atoms with Gasteiger partial charge in [-0.25, -0.2) is 4.98 Å². The van der Waals surface area contributed by atoms with Crippen LogP contribution in [0.25, 0.3) is 10.8 Å². The number of aliphatic hydroxyl groups is 1. The number of nitrogens with zero attached hydrogens (tertiary/aromatic N) is 1. The van der Waals surface area contributed by atoms with Crippen molar-refractivity contribution in [1.82, 2.24) is 31.2 Å². The maximum absolute atomic E-state index is 14.2. The number of amides is 4. The maximum Gasteiger partial charge on any atom is 0.250 e. The van der Waals surface area contributed by atoms with E-state index in [-0.39, 0.29) is 31.1 Å². The van der Waals surface area contributed by atoms with E-state index in [0.29, 0.717) is 37.5 Å². The smallest absolute Gasteiger partial charge is 0.250 e. The van der Waals surface area contributed by atoms with Gasteiger partial charge in [0, 0.05) is 37.8 Å². The van der Waals surface area contributed by atoms with E-state index in [9.17, 15) is 24.3 Å². The summed E-state index contributed by atoms with van der Waals surface area (Å²) in [4.78, 5) is 61.5.